The summed E-state index contributed by atoms with van der Waals surface area (Å²) in [4.78, 5) is 0. The van der Waals surface area contributed by atoms with Gasteiger partial charge in [0.15, 0.2) is 0 Å². The number of hydrogen-bond donors (Lipinski definition) is 0. The van der Waals surface area contributed by atoms with E-state index in [2.05, 4.69) is 0 Å². The minimum absolute atomic E-state index is 0.848. The molecule has 0 aromatic carbocycles. The topological polar surface area (TPSA) is 0 Å². The van der Waals surface area contributed by atoms with Crippen LogP contribution in [0.5, 0.6) is 0 Å². The summed E-state index contributed by atoms with van der Waals surface area (Å²) in [6.07, 6.45) is -3.78. The van der Waals surface area contributed by atoms with Gasteiger partial charge in [-0.2, -0.15) is 70.2 Å². The minimum Gasteiger partial charge on any atom is -0.200 e. The summed E-state index contributed by atoms with van der Waals surface area (Å²) in [7, 11) is 0. The van der Waals surface area contributed by atoms with Gasteiger partial charge in [-0.05, 0) is 6.08 Å². The van der Waals surface area contributed by atoms with Gasteiger partial charge in [0.25, 0.3) is 0 Å². The van der Waals surface area contributed by atoms with Crippen LogP contribution in [-0.4, -0.2) is 51.8 Å². The Hall–Kier alpha value is -0.650. The zero-order valence-corrected chi connectivity index (χ0v) is 15.3. The largest absolute Gasteiger partial charge is 0.385 e. The molecule has 0 bridgehead atoms. The molecule has 0 aromatic rings. The van der Waals surface area contributed by atoms with Gasteiger partial charge in [-0.25, -0.2) is 0 Å². The maximum absolute atomic E-state index is 13.4. The van der Waals surface area contributed by atoms with Crippen LogP contribution in [0, 0.1) is 0 Å². The second-order valence-electron chi connectivity index (χ2n) is 5.42. The van der Waals surface area contributed by atoms with E-state index in [0.29, 0.717) is 0 Å². The van der Waals surface area contributed by atoms with Crippen LogP contribution in [0.15, 0.2) is 12.7 Å². The minimum atomic E-state index is -8.37. The first-order valence-electron chi connectivity index (χ1n) is 6.59. The van der Waals surface area contributed by atoms with E-state index in [1.165, 1.54) is 0 Å². The molecule has 0 radical (unpaired) electrons. The first-order chi connectivity index (χ1) is 12.4. The number of alkyl halides is 17. The van der Waals surface area contributed by atoms with Gasteiger partial charge in [-0.3, -0.25) is 0 Å². The molecule has 0 aliphatic rings. The quantitative estimate of drug-likeness (QED) is 0.112. The lowest BCUT2D eigenvalue weighted by Crippen LogP contribution is -2.74. The SMILES string of the molecule is C=CC(F)(F)C(F)(F)C(F)(F)C(F)(F)C(F)(F)C(F)(F)C(F)(F)C(F)(F)CCI. The van der Waals surface area contributed by atoms with Gasteiger partial charge in [-0.1, -0.05) is 29.2 Å². The van der Waals surface area contributed by atoms with Crippen LogP contribution < -0.4 is 0 Å². The Morgan fingerprint density at radius 3 is 1.07 bits per heavy atom. The standard InChI is InChI=1S/C12H7F16I/c1-2-5(13,14)7(17,18)9(21,22)11(25,26)12(27,28)10(23,24)8(19,20)6(15,16)3-4-29/h2H,1,3-4H2. The van der Waals surface area contributed by atoms with Crippen molar-refractivity contribution in [3.05, 3.63) is 12.7 Å². The van der Waals surface area contributed by atoms with Crippen molar-refractivity contribution in [2.45, 2.75) is 53.8 Å². The van der Waals surface area contributed by atoms with Crippen LogP contribution in [0.1, 0.15) is 6.42 Å². The maximum Gasteiger partial charge on any atom is 0.385 e. The highest BCUT2D eigenvalue weighted by molar-refractivity contribution is 14.1. The van der Waals surface area contributed by atoms with Crippen LogP contribution in [-0.2, 0) is 0 Å². The van der Waals surface area contributed by atoms with Crippen molar-refractivity contribution in [3.63, 3.8) is 0 Å². The van der Waals surface area contributed by atoms with Gasteiger partial charge in [0.2, 0.25) is 0 Å². The Balaban J connectivity index is 6.71. The van der Waals surface area contributed by atoms with E-state index in [0.717, 1.165) is 22.6 Å². The molecule has 0 N–H and O–H groups in total. The first kappa shape index (κ1) is 28.3. The van der Waals surface area contributed by atoms with Crippen molar-refractivity contribution in [2.75, 3.05) is 4.43 Å². The van der Waals surface area contributed by atoms with E-state index in [-0.39, 0.29) is 0 Å². The summed E-state index contributed by atoms with van der Waals surface area (Å²) < 4.78 is 210. The van der Waals surface area contributed by atoms with Crippen molar-refractivity contribution in [1.82, 2.24) is 0 Å². The molecule has 0 aliphatic carbocycles. The Morgan fingerprint density at radius 1 is 0.517 bits per heavy atom. The fourth-order valence-corrected chi connectivity index (χ4v) is 2.31. The molecule has 0 amide bonds. The number of hydrogen-bond acceptors (Lipinski definition) is 0. The fraction of sp³-hybridized carbons (Fsp3) is 0.833. The lowest BCUT2D eigenvalue weighted by atomic mass is 9.87. The van der Waals surface area contributed by atoms with Gasteiger partial charge in [-0.15, -0.1) is 0 Å². The molecular formula is C12H7F16I. The Kier molecular flexibility index (Phi) is 7.32. The van der Waals surface area contributed by atoms with E-state index >= 15 is 0 Å². The number of halogens is 17. The third-order valence-corrected chi connectivity index (χ3v) is 4.05. The van der Waals surface area contributed by atoms with E-state index in [9.17, 15) is 70.2 Å². The summed E-state index contributed by atoms with van der Waals surface area (Å²) in [5.74, 6) is -60.7. The third kappa shape index (κ3) is 3.65. The summed E-state index contributed by atoms with van der Waals surface area (Å²) >= 11 is 0.848. The average Bonchev–Trinajstić information content (AvgIpc) is 2.53. The lowest BCUT2D eigenvalue weighted by Gasteiger charge is -2.43. The molecule has 0 nitrogen and oxygen atoms in total. The highest BCUT2D eigenvalue weighted by Crippen LogP contribution is 2.64. The molecule has 29 heavy (non-hydrogen) atoms. The maximum atomic E-state index is 13.4. The molecular weight excluding hydrogens is 575 g/mol. The van der Waals surface area contributed by atoms with Crippen molar-refractivity contribution >= 4 is 22.6 Å². The van der Waals surface area contributed by atoms with Gasteiger partial charge in [0.1, 0.15) is 0 Å². The molecule has 0 fully saturated rings. The van der Waals surface area contributed by atoms with Crippen molar-refractivity contribution in [3.8, 4) is 0 Å². The van der Waals surface area contributed by atoms with E-state index in [1.54, 1.807) is 0 Å². The Bertz CT molecular complexity index is 607. The Labute approximate surface area is 164 Å². The molecule has 0 atom stereocenters. The molecule has 0 aliphatic heterocycles. The average molecular weight is 582 g/mol. The second-order valence-corrected chi connectivity index (χ2v) is 6.50. The molecule has 0 saturated heterocycles. The van der Waals surface area contributed by atoms with Crippen molar-refractivity contribution < 1.29 is 70.2 Å². The van der Waals surface area contributed by atoms with Gasteiger partial charge < -0.3 is 0 Å². The summed E-state index contributed by atoms with van der Waals surface area (Å²) in [6, 6.07) is 0. The van der Waals surface area contributed by atoms with Crippen LogP contribution in [0.25, 0.3) is 0 Å². The van der Waals surface area contributed by atoms with Crippen LogP contribution >= 0.6 is 22.6 Å². The number of allylic oxidation sites excluding steroid dienone is 1. The Morgan fingerprint density at radius 2 is 0.793 bits per heavy atom. The number of rotatable bonds is 10. The summed E-state index contributed by atoms with van der Waals surface area (Å²) in [5, 5.41) is 0. The van der Waals surface area contributed by atoms with E-state index in [4.69, 9.17) is 0 Å². The normalized spacial score (nSPS) is 16.2. The van der Waals surface area contributed by atoms with Crippen molar-refractivity contribution in [2.24, 2.45) is 0 Å². The molecule has 0 rings (SSSR count). The van der Waals surface area contributed by atoms with E-state index in [1.807, 2.05) is 6.58 Å². The lowest BCUT2D eigenvalue weighted by molar-refractivity contribution is -0.450. The summed E-state index contributed by atoms with van der Waals surface area (Å²) in [6.45, 7) is 1.83. The summed E-state index contributed by atoms with van der Waals surface area (Å²) in [5.41, 5.74) is 0. The van der Waals surface area contributed by atoms with Gasteiger partial charge in [0.05, 0.1) is 0 Å². The molecule has 0 unspecified atom stereocenters. The third-order valence-electron chi connectivity index (χ3n) is 3.51. The second kappa shape index (κ2) is 7.49. The van der Waals surface area contributed by atoms with Crippen molar-refractivity contribution in [1.29, 1.82) is 0 Å². The zero-order chi connectivity index (χ0) is 24.1. The molecule has 0 spiro atoms. The predicted molar refractivity (Wildman–Crippen MR) is 73.3 cm³/mol. The predicted octanol–water partition coefficient (Wildman–Crippen LogP) is 7.08. The smallest absolute Gasteiger partial charge is 0.200 e. The fourth-order valence-electron chi connectivity index (χ4n) is 1.63. The molecule has 0 saturated carbocycles. The van der Waals surface area contributed by atoms with Crippen LogP contribution in [0.4, 0.5) is 70.2 Å². The molecule has 17 heteroatoms. The van der Waals surface area contributed by atoms with Gasteiger partial charge in [0, 0.05) is 10.8 Å². The monoisotopic (exact) mass is 582 g/mol. The van der Waals surface area contributed by atoms with Crippen LogP contribution in [0.3, 0.4) is 0 Å². The zero-order valence-electron chi connectivity index (χ0n) is 13.1. The van der Waals surface area contributed by atoms with Gasteiger partial charge >= 0.3 is 47.4 Å². The highest BCUT2D eigenvalue weighted by atomic mass is 127. The molecule has 0 heterocycles. The molecule has 0 aromatic heterocycles. The highest BCUT2D eigenvalue weighted by Gasteiger charge is 2.94. The first-order valence-corrected chi connectivity index (χ1v) is 8.12. The van der Waals surface area contributed by atoms with E-state index < -0.39 is 64.3 Å². The van der Waals surface area contributed by atoms with Crippen LogP contribution in [0.2, 0.25) is 0 Å². The molecule has 174 valence electrons.